The lowest BCUT2D eigenvalue weighted by Crippen LogP contribution is -2.28. The minimum atomic E-state index is 0.275. The van der Waals surface area contributed by atoms with Crippen molar-refractivity contribution in [2.24, 2.45) is 0 Å². The van der Waals surface area contributed by atoms with Gasteiger partial charge >= 0.3 is 0 Å². The number of methoxy groups -OCH3 is 3. The highest BCUT2D eigenvalue weighted by Crippen LogP contribution is 2.34. The van der Waals surface area contributed by atoms with Crippen LogP contribution in [0.1, 0.15) is 5.56 Å². The van der Waals surface area contributed by atoms with Crippen LogP contribution < -0.4 is 24.6 Å². The van der Waals surface area contributed by atoms with E-state index in [-0.39, 0.29) is 5.75 Å². The molecule has 4 nitrogen and oxygen atoms in total. The molecular weight excluding hydrogens is 284 g/mol. The van der Waals surface area contributed by atoms with Crippen LogP contribution in [0.5, 0.6) is 23.0 Å². The molecule has 0 spiro atoms. The highest BCUT2D eigenvalue weighted by atomic mass is 28.2. The van der Waals surface area contributed by atoms with Gasteiger partial charge in [-0.1, -0.05) is 17.3 Å². The Balaban J connectivity index is 2.44. The standard InChI is InChI=1S/C16H18O4Si/c1-10-7-11(17)9-12(8-10)21-14-6-5-13(18-2)15(19-3)16(14)20-4/h5-9,17H,1-4H3. The number of aromatic hydroxyl groups is 1. The number of rotatable bonds is 5. The van der Waals surface area contributed by atoms with Crippen molar-refractivity contribution in [2.45, 2.75) is 6.92 Å². The summed E-state index contributed by atoms with van der Waals surface area (Å²) in [5.41, 5.74) is 1.02. The second kappa shape index (κ2) is 6.54. The van der Waals surface area contributed by atoms with Gasteiger partial charge in [-0.3, -0.25) is 0 Å². The van der Waals surface area contributed by atoms with Crippen molar-refractivity contribution >= 4 is 19.9 Å². The molecule has 5 heteroatoms. The second-order valence-electron chi connectivity index (χ2n) is 4.56. The number of aryl methyl sites for hydroxylation is 1. The first-order valence-corrected chi connectivity index (χ1v) is 7.45. The third-order valence-corrected chi connectivity index (χ3v) is 4.29. The van der Waals surface area contributed by atoms with Crippen LogP contribution in [0.15, 0.2) is 30.3 Å². The number of phenolic OH excluding ortho intramolecular Hbond substituents is 1. The summed E-state index contributed by atoms with van der Waals surface area (Å²) in [6.45, 7) is 1.96. The normalized spacial score (nSPS) is 10.3. The Morgan fingerprint density at radius 3 is 2.19 bits per heavy atom. The summed E-state index contributed by atoms with van der Waals surface area (Å²) in [7, 11) is 5.15. The average molecular weight is 302 g/mol. The van der Waals surface area contributed by atoms with Crippen LogP contribution in [0.25, 0.3) is 0 Å². The van der Waals surface area contributed by atoms with E-state index in [0.29, 0.717) is 26.8 Å². The zero-order valence-electron chi connectivity index (χ0n) is 12.6. The molecule has 0 aromatic heterocycles. The fraction of sp³-hybridized carbons (Fsp3) is 0.250. The molecule has 2 aromatic carbocycles. The van der Waals surface area contributed by atoms with Gasteiger partial charge in [-0.2, -0.15) is 0 Å². The Kier molecular flexibility index (Phi) is 4.75. The summed E-state index contributed by atoms with van der Waals surface area (Å²) in [4.78, 5) is 0. The van der Waals surface area contributed by atoms with Crippen molar-refractivity contribution in [1.82, 2.24) is 0 Å². The van der Waals surface area contributed by atoms with E-state index in [4.69, 9.17) is 14.2 Å². The lowest BCUT2D eigenvalue weighted by atomic mass is 10.2. The largest absolute Gasteiger partial charge is 0.508 e. The van der Waals surface area contributed by atoms with Gasteiger partial charge in [-0.25, -0.2) is 0 Å². The van der Waals surface area contributed by atoms with E-state index in [0.717, 1.165) is 15.9 Å². The topological polar surface area (TPSA) is 47.9 Å². The van der Waals surface area contributed by atoms with Crippen LogP contribution in [0, 0.1) is 6.92 Å². The molecule has 0 atom stereocenters. The van der Waals surface area contributed by atoms with Gasteiger partial charge in [-0.15, -0.1) is 0 Å². The van der Waals surface area contributed by atoms with E-state index in [1.54, 1.807) is 33.5 Å². The number of phenols is 1. The van der Waals surface area contributed by atoms with Gasteiger partial charge in [0.25, 0.3) is 0 Å². The molecule has 0 saturated heterocycles. The summed E-state index contributed by atoms with van der Waals surface area (Å²) in [6.07, 6.45) is 0. The molecule has 0 unspecified atom stereocenters. The van der Waals surface area contributed by atoms with Crippen molar-refractivity contribution in [1.29, 1.82) is 0 Å². The monoisotopic (exact) mass is 302 g/mol. The fourth-order valence-corrected chi connectivity index (χ4v) is 3.52. The van der Waals surface area contributed by atoms with E-state index >= 15 is 0 Å². The molecule has 0 heterocycles. The number of ether oxygens (including phenoxy) is 3. The summed E-state index contributed by atoms with van der Waals surface area (Å²) >= 11 is 0. The molecular formula is C16H18O4Si. The zero-order chi connectivity index (χ0) is 15.4. The van der Waals surface area contributed by atoms with Gasteiger partial charge in [0, 0.05) is 0 Å². The number of hydrogen-bond donors (Lipinski definition) is 1. The Morgan fingerprint density at radius 2 is 1.62 bits per heavy atom. The maximum atomic E-state index is 9.71. The summed E-state index contributed by atoms with van der Waals surface area (Å²) < 4.78 is 16.2. The molecule has 2 radical (unpaired) electrons. The van der Waals surface area contributed by atoms with Crippen LogP contribution >= 0.6 is 0 Å². The first kappa shape index (κ1) is 15.2. The van der Waals surface area contributed by atoms with E-state index in [1.165, 1.54) is 0 Å². The fourth-order valence-electron chi connectivity index (χ4n) is 2.19. The van der Waals surface area contributed by atoms with Crippen molar-refractivity contribution in [3.05, 3.63) is 35.9 Å². The van der Waals surface area contributed by atoms with Gasteiger partial charge in [0.15, 0.2) is 11.5 Å². The SMILES string of the molecule is COc1ccc([Si]c2cc(C)cc(O)c2)c(OC)c1OC. The minimum Gasteiger partial charge on any atom is -0.508 e. The molecule has 21 heavy (non-hydrogen) atoms. The van der Waals surface area contributed by atoms with Gasteiger partial charge in [0.2, 0.25) is 5.75 Å². The lowest BCUT2D eigenvalue weighted by Gasteiger charge is -2.15. The molecule has 0 saturated carbocycles. The van der Waals surface area contributed by atoms with E-state index in [2.05, 4.69) is 0 Å². The van der Waals surface area contributed by atoms with E-state index in [1.807, 2.05) is 25.1 Å². The molecule has 2 aromatic rings. The molecule has 0 fully saturated rings. The predicted octanol–water partition coefficient (Wildman–Crippen LogP) is 1.38. The van der Waals surface area contributed by atoms with Crippen molar-refractivity contribution in [2.75, 3.05) is 21.3 Å². The second-order valence-corrected chi connectivity index (χ2v) is 5.93. The van der Waals surface area contributed by atoms with Gasteiger partial charge in [-0.05, 0) is 35.9 Å². The molecule has 1 N–H and O–H groups in total. The van der Waals surface area contributed by atoms with Gasteiger partial charge < -0.3 is 19.3 Å². The molecule has 0 aliphatic carbocycles. The van der Waals surface area contributed by atoms with Crippen molar-refractivity contribution in [3.8, 4) is 23.0 Å². The third kappa shape index (κ3) is 3.31. The minimum absolute atomic E-state index is 0.275. The Morgan fingerprint density at radius 1 is 0.905 bits per heavy atom. The highest BCUT2D eigenvalue weighted by molar-refractivity contribution is 6.68. The average Bonchev–Trinajstić information content (AvgIpc) is 2.45. The molecule has 0 aliphatic rings. The smallest absolute Gasteiger partial charge is 0.203 e. The highest BCUT2D eigenvalue weighted by Gasteiger charge is 2.16. The van der Waals surface area contributed by atoms with Crippen LogP contribution in [-0.2, 0) is 0 Å². The quantitative estimate of drug-likeness (QED) is 0.848. The summed E-state index contributed by atoms with van der Waals surface area (Å²) in [5.74, 6) is 2.16. The Labute approximate surface area is 127 Å². The van der Waals surface area contributed by atoms with Crippen LogP contribution in [-0.4, -0.2) is 36.0 Å². The predicted molar refractivity (Wildman–Crippen MR) is 84.0 cm³/mol. The molecule has 0 bridgehead atoms. The Hall–Kier alpha value is -2.14. The van der Waals surface area contributed by atoms with Crippen LogP contribution in [0.4, 0.5) is 0 Å². The van der Waals surface area contributed by atoms with E-state index in [9.17, 15) is 5.11 Å². The molecule has 2 rings (SSSR count). The van der Waals surface area contributed by atoms with Crippen molar-refractivity contribution < 1.29 is 19.3 Å². The van der Waals surface area contributed by atoms with Crippen molar-refractivity contribution in [3.63, 3.8) is 0 Å². The first-order chi connectivity index (χ1) is 10.1. The lowest BCUT2D eigenvalue weighted by molar-refractivity contribution is 0.326. The molecule has 0 aliphatic heterocycles. The first-order valence-electron chi connectivity index (χ1n) is 6.45. The molecule has 0 amide bonds. The number of hydrogen-bond acceptors (Lipinski definition) is 4. The Bertz CT molecular complexity index is 620. The maximum Gasteiger partial charge on any atom is 0.203 e. The number of benzene rings is 2. The van der Waals surface area contributed by atoms with Crippen LogP contribution in [0.3, 0.4) is 0 Å². The van der Waals surface area contributed by atoms with E-state index < -0.39 is 0 Å². The zero-order valence-corrected chi connectivity index (χ0v) is 13.6. The van der Waals surface area contributed by atoms with Crippen LogP contribution in [0.2, 0.25) is 0 Å². The van der Waals surface area contributed by atoms with Gasteiger partial charge in [0.05, 0.1) is 21.3 Å². The molecule has 110 valence electrons. The summed E-state index contributed by atoms with van der Waals surface area (Å²) in [5, 5.41) is 11.7. The van der Waals surface area contributed by atoms with Gasteiger partial charge in [0.1, 0.15) is 15.3 Å². The summed E-state index contributed by atoms with van der Waals surface area (Å²) in [6, 6.07) is 9.37. The maximum absolute atomic E-state index is 9.71. The third-order valence-electron chi connectivity index (χ3n) is 3.05.